The summed E-state index contributed by atoms with van der Waals surface area (Å²) < 4.78 is 0. The van der Waals surface area contributed by atoms with E-state index in [9.17, 15) is 34.2 Å². The van der Waals surface area contributed by atoms with Gasteiger partial charge >= 0.3 is 11.9 Å². The zero-order valence-corrected chi connectivity index (χ0v) is 17.2. The van der Waals surface area contributed by atoms with Gasteiger partial charge in [-0.25, -0.2) is 4.79 Å². The van der Waals surface area contributed by atoms with E-state index in [-0.39, 0.29) is 0 Å². The summed E-state index contributed by atoms with van der Waals surface area (Å²) >= 11 is 0. The highest BCUT2D eigenvalue weighted by Crippen LogP contribution is 2.06. The molecule has 0 radical (unpaired) electrons. The van der Waals surface area contributed by atoms with Crippen molar-refractivity contribution in [1.82, 2.24) is 16.0 Å². The smallest absolute Gasteiger partial charge is 0.326 e. The standard InChI is InChI=1S/C17H30N4O9/c1-6(2)12(20-14(26)11(18)7(3)22)15(27)21-13(8(4)23)16(28)19-9(17(29)30)5-10(24)25/h6-9,11-13,22-23H,5,18H2,1-4H3,(H,19,28)(H,20,26)(H,21,27)(H,24,25)(H,29,30). The topological polar surface area (TPSA) is 228 Å². The first kappa shape index (κ1) is 27.2. The molecule has 0 aliphatic carbocycles. The van der Waals surface area contributed by atoms with Gasteiger partial charge in [-0.05, 0) is 19.8 Å². The molecule has 0 rings (SSSR count). The number of rotatable bonds is 12. The molecule has 0 fully saturated rings. The number of carbonyl (C=O) groups excluding carboxylic acids is 3. The molecule has 3 amide bonds. The maximum absolute atomic E-state index is 12.6. The van der Waals surface area contributed by atoms with Crippen LogP contribution in [-0.2, 0) is 24.0 Å². The molecule has 9 N–H and O–H groups in total. The van der Waals surface area contributed by atoms with Crippen LogP contribution < -0.4 is 21.7 Å². The molecule has 30 heavy (non-hydrogen) atoms. The van der Waals surface area contributed by atoms with E-state index in [1.54, 1.807) is 13.8 Å². The number of nitrogens with two attached hydrogens (primary N) is 1. The average molecular weight is 434 g/mol. The molecule has 0 aliphatic heterocycles. The summed E-state index contributed by atoms with van der Waals surface area (Å²) in [6.45, 7) is 5.62. The van der Waals surface area contributed by atoms with Crippen LogP contribution in [0, 0.1) is 5.92 Å². The monoisotopic (exact) mass is 434 g/mol. The van der Waals surface area contributed by atoms with Gasteiger partial charge in [0, 0.05) is 0 Å². The summed E-state index contributed by atoms with van der Waals surface area (Å²) in [6, 6.07) is -5.90. The lowest BCUT2D eigenvalue weighted by molar-refractivity contribution is -0.148. The van der Waals surface area contributed by atoms with Gasteiger partial charge in [0.05, 0.1) is 18.6 Å². The molecule has 0 spiro atoms. The maximum Gasteiger partial charge on any atom is 0.326 e. The van der Waals surface area contributed by atoms with Crippen molar-refractivity contribution in [3.63, 3.8) is 0 Å². The number of aliphatic hydroxyl groups is 2. The SMILES string of the molecule is CC(C)C(NC(=O)C(N)C(C)O)C(=O)NC(C(=O)NC(CC(=O)O)C(=O)O)C(C)O. The Bertz CT molecular complexity index is 651. The number of hydrogen-bond donors (Lipinski definition) is 8. The van der Waals surface area contributed by atoms with E-state index in [1.807, 2.05) is 5.32 Å². The Morgan fingerprint density at radius 1 is 0.767 bits per heavy atom. The van der Waals surface area contributed by atoms with Crippen LogP contribution in [0.5, 0.6) is 0 Å². The number of nitrogens with one attached hydrogen (secondary N) is 3. The van der Waals surface area contributed by atoms with Gasteiger partial charge in [-0.15, -0.1) is 0 Å². The first-order chi connectivity index (χ1) is 13.7. The minimum Gasteiger partial charge on any atom is -0.481 e. The minimum atomic E-state index is -1.78. The average Bonchev–Trinajstić information content (AvgIpc) is 2.60. The zero-order chi connectivity index (χ0) is 23.8. The number of carboxylic acid groups (broad SMARTS) is 2. The van der Waals surface area contributed by atoms with E-state index >= 15 is 0 Å². The molecular formula is C17H30N4O9. The molecule has 0 aromatic heterocycles. The molecule has 0 aliphatic rings. The normalized spacial score (nSPS) is 17.1. The second-order valence-corrected chi connectivity index (χ2v) is 7.22. The maximum atomic E-state index is 12.6. The van der Waals surface area contributed by atoms with Crippen molar-refractivity contribution < 1.29 is 44.4 Å². The van der Waals surface area contributed by atoms with Crippen LogP contribution in [0.2, 0.25) is 0 Å². The number of aliphatic hydroxyl groups excluding tert-OH is 2. The largest absolute Gasteiger partial charge is 0.481 e. The van der Waals surface area contributed by atoms with Gasteiger partial charge in [0.25, 0.3) is 0 Å². The fraction of sp³-hybridized carbons (Fsp3) is 0.706. The predicted octanol–water partition coefficient (Wildman–Crippen LogP) is -3.25. The van der Waals surface area contributed by atoms with E-state index < -0.39 is 78.4 Å². The van der Waals surface area contributed by atoms with Crippen molar-refractivity contribution >= 4 is 29.7 Å². The molecule has 6 unspecified atom stereocenters. The highest BCUT2D eigenvalue weighted by Gasteiger charge is 2.34. The highest BCUT2D eigenvalue weighted by molar-refractivity contribution is 5.95. The second-order valence-electron chi connectivity index (χ2n) is 7.22. The Morgan fingerprint density at radius 3 is 1.60 bits per heavy atom. The van der Waals surface area contributed by atoms with E-state index in [2.05, 4.69) is 10.6 Å². The van der Waals surface area contributed by atoms with Crippen LogP contribution in [0.1, 0.15) is 34.1 Å². The molecule has 0 saturated carbocycles. The third-order valence-electron chi connectivity index (χ3n) is 4.13. The van der Waals surface area contributed by atoms with E-state index in [4.69, 9.17) is 15.9 Å². The van der Waals surface area contributed by atoms with Gasteiger partial charge in [0.15, 0.2) is 0 Å². The van der Waals surface area contributed by atoms with E-state index in [1.165, 1.54) is 6.92 Å². The van der Waals surface area contributed by atoms with Gasteiger partial charge in [-0.2, -0.15) is 0 Å². The fourth-order valence-corrected chi connectivity index (χ4v) is 2.29. The van der Waals surface area contributed by atoms with Crippen molar-refractivity contribution in [2.75, 3.05) is 0 Å². The van der Waals surface area contributed by atoms with Gasteiger partial charge in [0.2, 0.25) is 17.7 Å². The highest BCUT2D eigenvalue weighted by atomic mass is 16.4. The lowest BCUT2D eigenvalue weighted by Crippen LogP contribution is -2.61. The summed E-state index contributed by atoms with van der Waals surface area (Å²) in [4.78, 5) is 58.9. The number of carbonyl (C=O) groups is 5. The third kappa shape index (κ3) is 8.71. The van der Waals surface area contributed by atoms with Gasteiger partial charge in [-0.1, -0.05) is 13.8 Å². The molecule has 13 nitrogen and oxygen atoms in total. The Balaban J connectivity index is 5.39. The first-order valence-corrected chi connectivity index (χ1v) is 9.16. The first-order valence-electron chi connectivity index (χ1n) is 9.16. The summed E-state index contributed by atoms with van der Waals surface area (Å²) in [6.07, 6.45) is -3.57. The van der Waals surface area contributed by atoms with Crippen molar-refractivity contribution in [2.24, 2.45) is 11.7 Å². The third-order valence-corrected chi connectivity index (χ3v) is 4.13. The lowest BCUT2D eigenvalue weighted by Gasteiger charge is -2.28. The van der Waals surface area contributed by atoms with Crippen molar-refractivity contribution in [1.29, 1.82) is 0 Å². The van der Waals surface area contributed by atoms with Crippen LogP contribution in [0.25, 0.3) is 0 Å². The summed E-state index contributed by atoms with van der Waals surface area (Å²) in [7, 11) is 0. The molecular weight excluding hydrogens is 404 g/mol. The van der Waals surface area contributed by atoms with Gasteiger partial charge in [0.1, 0.15) is 24.2 Å². The molecule has 0 aromatic rings. The van der Waals surface area contributed by atoms with Crippen LogP contribution >= 0.6 is 0 Å². The van der Waals surface area contributed by atoms with Crippen LogP contribution in [-0.4, -0.2) is 86.5 Å². The number of amides is 3. The second kappa shape index (κ2) is 12.0. The van der Waals surface area contributed by atoms with Gasteiger partial charge in [-0.3, -0.25) is 19.2 Å². The van der Waals surface area contributed by atoms with E-state index in [0.29, 0.717) is 0 Å². The summed E-state index contributed by atoms with van der Waals surface area (Å²) in [5, 5.41) is 43.5. The molecule has 0 saturated heterocycles. The molecule has 13 heteroatoms. The van der Waals surface area contributed by atoms with Crippen LogP contribution in [0.15, 0.2) is 0 Å². The Morgan fingerprint density at radius 2 is 1.23 bits per heavy atom. The Hall–Kier alpha value is -2.77. The minimum absolute atomic E-state index is 0.480. The number of carboxylic acids is 2. The molecule has 6 atom stereocenters. The number of hydrogen-bond acceptors (Lipinski definition) is 8. The van der Waals surface area contributed by atoms with Gasteiger partial charge < -0.3 is 42.1 Å². The van der Waals surface area contributed by atoms with E-state index in [0.717, 1.165) is 6.92 Å². The molecule has 0 aromatic carbocycles. The molecule has 0 bridgehead atoms. The van der Waals surface area contributed by atoms with Crippen molar-refractivity contribution in [2.45, 2.75) is 70.5 Å². The number of aliphatic carboxylic acids is 2. The fourth-order valence-electron chi connectivity index (χ4n) is 2.29. The Kier molecular flexibility index (Phi) is 10.9. The van der Waals surface area contributed by atoms with Crippen molar-refractivity contribution in [3.8, 4) is 0 Å². The van der Waals surface area contributed by atoms with Crippen molar-refractivity contribution in [3.05, 3.63) is 0 Å². The Labute approximate surface area is 173 Å². The quantitative estimate of drug-likeness (QED) is 0.153. The van der Waals surface area contributed by atoms with Crippen LogP contribution in [0.3, 0.4) is 0 Å². The molecule has 0 heterocycles. The lowest BCUT2D eigenvalue weighted by atomic mass is 10.0. The predicted molar refractivity (Wildman–Crippen MR) is 102 cm³/mol. The molecule has 172 valence electrons. The summed E-state index contributed by atoms with van der Waals surface area (Å²) in [5.74, 6) is -6.38. The zero-order valence-electron chi connectivity index (χ0n) is 17.2. The summed E-state index contributed by atoms with van der Waals surface area (Å²) in [5.41, 5.74) is 5.53. The van der Waals surface area contributed by atoms with Crippen LogP contribution in [0.4, 0.5) is 0 Å².